The number of carbonyl (C=O) groups excluding carboxylic acids is 1. The summed E-state index contributed by atoms with van der Waals surface area (Å²) < 4.78 is 9.17. The molecule has 0 fully saturated rings. The number of hydrogen-bond acceptors (Lipinski definition) is 7. The van der Waals surface area contributed by atoms with E-state index in [1.807, 2.05) is 38.6 Å². The third-order valence-electron chi connectivity index (χ3n) is 6.20. The van der Waals surface area contributed by atoms with Crippen molar-refractivity contribution in [2.24, 2.45) is 7.05 Å². The molecule has 0 saturated heterocycles. The Kier molecular flexibility index (Phi) is 6.42. The molecule has 0 bridgehead atoms. The summed E-state index contributed by atoms with van der Waals surface area (Å²) in [6.45, 7) is 6.33. The smallest absolute Gasteiger partial charge is 0.348 e. The molecule has 0 saturated carbocycles. The Morgan fingerprint density at radius 1 is 1.26 bits per heavy atom. The molecule has 0 radical (unpaired) electrons. The number of esters is 1. The van der Waals surface area contributed by atoms with E-state index in [0.29, 0.717) is 17.3 Å². The molecule has 0 atom stereocenters. The van der Waals surface area contributed by atoms with Gasteiger partial charge in [-0.1, -0.05) is 19.9 Å². The maximum absolute atomic E-state index is 12.6. The van der Waals surface area contributed by atoms with Gasteiger partial charge in [0.1, 0.15) is 4.88 Å². The summed E-state index contributed by atoms with van der Waals surface area (Å²) in [4.78, 5) is 22.9. The maximum Gasteiger partial charge on any atom is 0.348 e. The second kappa shape index (κ2) is 9.65. The Morgan fingerprint density at radius 2 is 2.11 bits per heavy atom. The van der Waals surface area contributed by atoms with Crippen molar-refractivity contribution in [1.82, 2.24) is 24.1 Å². The fourth-order valence-corrected chi connectivity index (χ4v) is 5.54. The van der Waals surface area contributed by atoms with Crippen LogP contribution in [-0.2, 0) is 11.8 Å². The minimum absolute atomic E-state index is 0.191. The number of thiophene rings is 1. The van der Waals surface area contributed by atoms with Crippen molar-refractivity contribution < 1.29 is 9.53 Å². The van der Waals surface area contributed by atoms with E-state index in [9.17, 15) is 4.79 Å². The first kappa shape index (κ1) is 23.3. The van der Waals surface area contributed by atoms with Crippen LogP contribution in [0.2, 0.25) is 0 Å². The molecule has 35 heavy (non-hydrogen) atoms. The number of nitrogens with one attached hydrogen (secondary N) is 1. The number of carbonyl (C=O) groups is 1. The number of aromatic nitrogens is 5. The molecule has 8 nitrogen and oxygen atoms in total. The summed E-state index contributed by atoms with van der Waals surface area (Å²) in [5.41, 5.74) is 5.84. The molecule has 0 amide bonds. The molecule has 1 aliphatic carbocycles. The number of ether oxygens (including phenoxy) is 1. The minimum atomic E-state index is -0.284. The number of rotatable bonds is 7. The van der Waals surface area contributed by atoms with E-state index in [4.69, 9.17) is 14.7 Å². The number of fused-ring (bicyclic) bond motifs is 1. The number of allylic oxidation sites excluding steroid dienone is 2. The van der Waals surface area contributed by atoms with Crippen molar-refractivity contribution >= 4 is 39.3 Å². The third-order valence-corrected chi connectivity index (χ3v) is 7.24. The number of anilines is 2. The van der Waals surface area contributed by atoms with Crippen LogP contribution in [0.25, 0.3) is 22.5 Å². The average molecular weight is 491 g/mol. The first-order chi connectivity index (χ1) is 16.9. The van der Waals surface area contributed by atoms with E-state index < -0.39 is 0 Å². The summed E-state index contributed by atoms with van der Waals surface area (Å²) in [6.07, 6.45) is 14.5. The monoisotopic (exact) mass is 490 g/mol. The number of imidazole rings is 1. The van der Waals surface area contributed by atoms with Crippen LogP contribution in [0.1, 0.15) is 73.3 Å². The molecule has 4 aromatic heterocycles. The molecule has 4 aromatic rings. The van der Waals surface area contributed by atoms with Crippen LogP contribution in [0.3, 0.4) is 0 Å². The topological polar surface area (TPSA) is 86.3 Å². The standard InChI is InChI=1S/C26H30N6O2S/c1-5-34-26(33)23-19(16(2)3)11-22(35-23)30-24-25-27-13-21(18-12-28-31(4)14-18)32(25)15-20(29-24)17-9-7-6-8-10-17/h9,11-16H,5-8,10H2,1-4H3,(H,29,30). The predicted octanol–water partition coefficient (Wildman–Crippen LogP) is 6.19. The van der Waals surface area contributed by atoms with Gasteiger partial charge in [0.15, 0.2) is 11.5 Å². The largest absolute Gasteiger partial charge is 0.462 e. The Balaban J connectivity index is 1.62. The highest BCUT2D eigenvalue weighted by Crippen LogP contribution is 2.36. The van der Waals surface area contributed by atoms with Gasteiger partial charge in [-0.15, -0.1) is 11.3 Å². The van der Waals surface area contributed by atoms with Crippen LogP contribution in [0.15, 0.2) is 36.9 Å². The Morgan fingerprint density at radius 3 is 2.80 bits per heavy atom. The van der Waals surface area contributed by atoms with Crippen LogP contribution in [0.5, 0.6) is 0 Å². The molecular formula is C26H30N6O2S. The van der Waals surface area contributed by atoms with Gasteiger partial charge < -0.3 is 10.1 Å². The van der Waals surface area contributed by atoms with Crippen LogP contribution >= 0.6 is 11.3 Å². The maximum atomic E-state index is 12.6. The molecule has 0 spiro atoms. The molecular weight excluding hydrogens is 460 g/mol. The predicted molar refractivity (Wildman–Crippen MR) is 139 cm³/mol. The Labute approximate surface area is 208 Å². The minimum Gasteiger partial charge on any atom is -0.462 e. The molecule has 0 aromatic carbocycles. The average Bonchev–Trinajstić information content (AvgIpc) is 3.58. The lowest BCUT2D eigenvalue weighted by atomic mass is 9.97. The highest BCUT2D eigenvalue weighted by molar-refractivity contribution is 7.18. The summed E-state index contributed by atoms with van der Waals surface area (Å²) in [6, 6.07) is 2.03. The van der Waals surface area contributed by atoms with Gasteiger partial charge in [-0.25, -0.2) is 14.8 Å². The van der Waals surface area contributed by atoms with Gasteiger partial charge >= 0.3 is 5.97 Å². The fraction of sp³-hybridized carbons (Fsp3) is 0.385. The van der Waals surface area contributed by atoms with Crippen molar-refractivity contribution in [2.75, 3.05) is 11.9 Å². The molecule has 1 N–H and O–H groups in total. The van der Waals surface area contributed by atoms with Gasteiger partial charge in [-0.2, -0.15) is 5.10 Å². The van der Waals surface area contributed by atoms with Crippen LogP contribution < -0.4 is 5.32 Å². The van der Waals surface area contributed by atoms with Gasteiger partial charge in [0.25, 0.3) is 0 Å². The van der Waals surface area contributed by atoms with E-state index in [1.165, 1.54) is 29.8 Å². The van der Waals surface area contributed by atoms with E-state index >= 15 is 0 Å². The molecule has 4 heterocycles. The second-order valence-corrected chi connectivity index (χ2v) is 10.1. The van der Waals surface area contributed by atoms with E-state index in [0.717, 1.165) is 46.0 Å². The highest BCUT2D eigenvalue weighted by atomic mass is 32.1. The van der Waals surface area contributed by atoms with Crippen molar-refractivity contribution in [3.8, 4) is 11.3 Å². The number of hydrogen-bond donors (Lipinski definition) is 1. The SMILES string of the molecule is CCOC(=O)c1sc(Nc2nc(C3=CCCCC3)cn3c(-c4cnn(C)c4)cnc23)cc1C(C)C. The van der Waals surface area contributed by atoms with E-state index in [2.05, 4.69) is 40.9 Å². The molecule has 182 valence electrons. The second-order valence-electron chi connectivity index (χ2n) is 9.08. The van der Waals surface area contributed by atoms with Crippen molar-refractivity contribution in [1.29, 1.82) is 0 Å². The quantitative estimate of drug-likeness (QED) is 0.311. The number of aryl methyl sites for hydroxylation is 1. The summed E-state index contributed by atoms with van der Waals surface area (Å²) in [5.74, 6) is 0.570. The Bertz CT molecular complexity index is 1410. The van der Waals surface area contributed by atoms with Gasteiger partial charge in [0, 0.05) is 25.0 Å². The van der Waals surface area contributed by atoms with E-state index in [1.54, 1.807) is 4.68 Å². The highest BCUT2D eigenvalue weighted by Gasteiger charge is 2.22. The lowest BCUT2D eigenvalue weighted by Gasteiger charge is -2.15. The molecule has 0 unspecified atom stereocenters. The summed E-state index contributed by atoms with van der Waals surface area (Å²) >= 11 is 1.40. The summed E-state index contributed by atoms with van der Waals surface area (Å²) in [5, 5.41) is 8.65. The Hall–Kier alpha value is -3.46. The van der Waals surface area contributed by atoms with Gasteiger partial charge in [-0.05, 0) is 55.7 Å². The van der Waals surface area contributed by atoms with E-state index in [-0.39, 0.29) is 11.9 Å². The van der Waals surface area contributed by atoms with Crippen molar-refractivity contribution in [2.45, 2.75) is 52.4 Å². The summed E-state index contributed by atoms with van der Waals surface area (Å²) in [7, 11) is 1.91. The lowest BCUT2D eigenvalue weighted by Crippen LogP contribution is -2.05. The zero-order valence-corrected chi connectivity index (χ0v) is 21.4. The van der Waals surface area contributed by atoms with Gasteiger partial charge in [-0.3, -0.25) is 9.08 Å². The third kappa shape index (κ3) is 4.60. The molecule has 9 heteroatoms. The zero-order valence-electron chi connectivity index (χ0n) is 20.5. The van der Waals surface area contributed by atoms with Crippen LogP contribution in [0.4, 0.5) is 10.8 Å². The number of nitrogens with zero attached hydrogens (tertiary/aromatic N) is 5. The van der Waals surface area contributed by atoms with Crippen LogP contribution in [-0.4, -0.2) is 36.7 Å². The van der Waals surface area contributed by atoms with Crippen molar-refractivity contribution in [3.05, 3.63) is 53.1 Å². The first-order valence-corrected chi connectivity index (χ1v) is 12.9. The van der Waals surface area contributed by atoms with Crippen LogP contribution in [0, 0.1) is 0 Å². The normalized spacial score (nSPS) is 13.9. The molecule has 0 aliphatic heterocycles. The molecule has 5 rings (SSSR count). The first-order valence-electron chi connectivity index (χ1n) is 12.1. The van der Waals surface area contributed by atoms with Gasteiger partial charge in [0.05, 0.1) is 35.4 Å². The molecule has 1 aliphatic rings. The van der Waals surface area contributed by atoms with Gasteiger partial charge in [0.2, 0.25) is 0 Å². The fourth-order valence-electron chi connectivity index (χ4n) is 4.43. The zero-order chi connectivity index (χ0) is 24.5. The lowest BCUT2D eigenvalue weighted by molar-refractivity contribution is 0.0530. The van der Waals surface area contributed by atoms with Crippen molar-refractivity contribution in [3.63, 3.8) is 0 Å².